The summed E-state index contributed by atoms with van der Waals surface area (Å²) in [5.74, 6) is -0.535. The molecule has 0 bridgehead atoms. The van der Waals surface area contributed by atoms with Crippen LogP contribution < -0.4 is 0 Å². The monoisotopic (exact) mass is 334 g/mol. The predicted octanol–water partition coefficient (Wildman–Crippen LogP) is 4.03. The van der Waals surface area contributed by atoms with Crippen LogP contribution in [0.4, 0.5) is 0 Å². The molecule has 2 rings (SSSR count). The van der Waals surface area contributed by atoms with Gasteiger partial charge in [-0.15, -0.1) is 0 Å². The van der Waals surface area contributed by atoms with Crippen LogP contribution in [0.3, 0.4) is 0 Å². The fourth-order valence-electron chi connectivity index (χ4n) is 5.09. The molecule has 4 heteroatoms. The highest BCUT2D eigenvalue weighted by atomic mass is 16.4. The number of aldehydes is 1. The molecule has 0 aromatic rings. The Kier molecular flexibility index (Phi) is 5.36. The van der Waals surface area contributed by atoms with Crippen molar-refractivity contribution in [3.63, 3.8) is 0 Å². The molecule has 4 nitrogen and oxygen atoms in total. The second-order valence-electron chi connectivity index (χ2n) is 8.40. The van der Waals surface area contributed by atoms with Gasteiger partial charge in [0.1, 0.15) is 12.1 Å². The quantitative estimate of drug-likeness (QED) is 0.744. The van der Waals surface area contributed by atoms with Crippen LogP contribution in [0.1, 0.15) is 66.2 Å². The molecule has 2 aliphatic rings. The standard InChI is InChI=1S/C20H30O4/c1-13(2)16(22)8-7-15-14(12-21)6-9-17-19(15,3)10-5-11-20(17,4)18(23)24/h6,12-13,15,17H,5,7-11H2,1-4H3,(H,23,24)/t15-,17+,19+,20+/m0/s1. The van der Waals surface area contributed by atoms with Crippen molar-refractivity contribution in [1.82, 2.24) is 0 Å². The number of carboxylic acids is 1. The van der Waals surface area contributed by atoms with Crippen LogP contribution in [0.15, 0.2) is 11.6 Å². The van der Waals surface area contributed by atoms with E-state index < -0.39 is 11.4 Å². The van der Waals surface area contributed by atoms with E-state index in [9.17, 15) is 19.5 Å². The zero-order valence-corrected chi connectivity index (χ0v) is 15.3. The number of carboxylic acid groups (broad SMARTS) is 1. The van der Waals surface area contributed by atoms with E-state index in [1.54, 1.807) is 0 Å². The first-order chi connectivity index (χ1) is 11.2. The Morgan fingerprint density at radius 1 is 1.33 bits per heavy atom. The minimum atomic E-state index is -0.752. The van der Waals surface area contributed by atoms with Crippen molar-refractivity contribution in [1.29, 1.82) is 0 Å². The summed E-state index contributed by atoms with van der Waals surface area (Å²) in [6, 6.07) is 0. The Bertz CT molecular complexity index is 562. The molecule has 134 valence electrons. The van der Waals surface area contributed by atoms with Gasteiger partial charge in [0.25, 0.3) is 0 Å². The van der Waals surface area contributed by atoms with Crippen LogP contribution >= 0.6 is 0 Å². The van der Waals surface area contributed by atoms with Crippen LogP contribution in [0.5, 0.6) is 0 Å². The lowest BCUT2D eigenvalue weighted by Crippen LogP contribution is -2.53. The number of carbonyl (C=O) groups is 3. The maximum absolute atomic E-state index is 12.1. The summed E-state index contributed by atoms with van der Waals surface area (Å²) in [7, 11) is 0. The zero-order chi connectivity index (χ0) is 18.1. The third-order valence-electron chi connectivity index (χ3n) is 6.71. The SMILES string of the molecule is CC(C)C(=O)CC[C@H]1C(C=O)=CC[C@@H]2[C@]1(C)CCC[C@@]2(C)C(=O)O. The van der Waals surface area contributed by atoms with E-state index >= 15 is 0 Å². The van der Waals surface area contributed by atoms with E-state index in [1.807, 2.05) is 26.8 Å². The van der Waals surface area contributed by atoms with E-state index in [4.69, 9.17) is 0 Å². The summed E-state index contributed by atoms with van der Waals surface area (Å²) in [5, 5.41) is 9.81. The molecule has 1 N–H and O–H groups in total. The number of ketones is 1. The average Bonchev–Trinajstić information content (AvgIpc) is 2.51. The maximum atomic E-state index is 12.1. The number of hydrogen-bond acceptors (Lipinski definition) is 3. The van der Waals surface area contributed by atoms with Crippen LogP contribution in [0, 0.1) is 28.6 Å². The van der Waals surface area contributed by atoms with Gasteiger partial charge in [0.15, 0.2) is 0 Å². The lowest BCUT2D eigenvalue weighted by atomic mass is 9.47. The molecular formula is C20H30O4. The van der Waals surface area contributed by atoms with Gasteiger partial charge in [-0.2, -0.15) is 0 Å². The first kappa shape index (κ1) is 18.9. The Hall–Kier alpha value is -1.45. The molecule has 0 heterocycles. The van der Waals surface area contributed by atoms with Crippen LogP contribution in [-0.2, 0) is 14.4 Å². The van der Waals surface area contributed by atoms with Gasteiger partial charge < -0.3 is 5.11 Å². The van der Waals surface area contributed by atoms with Gasteiger partial charge in [-0.05, 0) is 55.4 Å². The Balaban J connectivity index is 2.35. The Morgan fingerprint density at radius 2 is 2.00 bits per heavy atom. The van der Waals surface area contributed by atoms with Gasteiger partial charge in [0.05, 0.1) is 5.41 Å². The molecule has 0 saturated heterocycles. The van der Waals surface area contributed by atoms with Crippen molar-refractivity contribution in [2.75, 3.05) is 0 Å². The average molecular weight is 334 g/mol. The molecule has 0 aromatic heterocycles. The minimum absolute atomic E-state index is 0.00324. The number of aliphatic carboxylic acids is 1. The highest BCUT2D eigenvalue weighted by molar-refractivity contribution is 5.81. The molecule has 0 aliphatic heterocycles. The summed E-state index contributed by atoms with van der Waals surface area (Å²) in [4.78, 5) is 35.6. The second kappa shape index (κ2) is 6.81. The van der Waals surface area contributed by atoms with Crippen LogP contribution in [-0.4, -0.2) is 23.1 Å². The van der Waals surface area contributed by atoms with Crippen molar-refractivity contribution in [3.05, 3.63) is 11.6 Å². The number of Topliss-reactive ketones (excluding diaryl/α,β-unsaturated/α-hetero) is 1. The van der Waals surface area contributed by atoms with Gasteiger partial charge in [0, 0.05) is 12.3 Å². The fourth-order valence-corrected chi connectivity index (χ4v) is 5.09. The van der Waals surface area contributed by atoms with Crippen LogP contribution in [0.25, 0.3) is 0 Å². The summed E-state index contributed by atoms with van der Waals surface area (Å²) in [6.07, 6.45) is 7.05. The summed E-state index contributed by atoms with van der Waals surface area (Å²) < 4.78 is 0. The van der Waals surface area contributed by atoms with Crippen LogP contribution in [0.2, 0.25) is 0 Å². The van der Waals surface area contributed by atoms with E-state index in [0.717, 1.165) is 24.7 Å². The van der Waals surface area contributed by atoms with Gasteiger partial charge >= 0.3 is 5.97 Å². The molecule has 24 heavy (non-hydrogen) atoms. The third-order valence-corrected chi connectivity index (χ3v) is 6.71. The smallest absolute Gasteiger partial charge is 0.309 e. The van der Waals surface area contributed by atoms with Gasteiger partial charge in [0.2, 0.25) is 0 Å². The summed E-state index contributed by atoms with van der Waals surface area (Å²) in [6.45, 7) is 7.78. The molecule has 0 amide bonds. The molecule has 1 saturated carbocycles. The minimum Gasteiger partial charge on any atom is -0.481 e. The van der Waals surface area contributed by atoms with Gasteiger partial charge in [-0.1, -0.05) is 33.3 Å². The first-order valence-corrected chi connectivity index (χ1v) is 9.08. The molecule has 0 aromatic carbocycles. The number of rotatable bonds is 6. The Morgan fingerprint density at radius 3 is 2.54 bits per heavy atom. The van der Waals surface area contributed by atoms with Crippen molar-refractivity contribution in [2.45, 2.75) is 66.2 Å². The highest BCUT2D eigenvalue weighted by Gasteiger charge is 2.57. The highest BCUT2D eigenvalue weighted by Crippen LogP contribution is 2.60. The molecule has 4 atom stereocenters. The molecule has 0 unspecified atom stereocenters. The molecule has 2 aliphatic carbocycles. The van der Waals surface area contributed by atoms with E-state index in [0.29, 0.717) is 25.7 Å². The normalized spacial score (nSPS) is 36.0. The van der Waals surface area contributed by atoms with Crippen molar-refractivity contribution >= 4 is 18.0 Å². The van der Waals surface area contributed by atoms with E-state index in [-0.39, 0.29) is 29.0 Å². The number of hydrogen-bond donors (Lipinski definition) is 1. The second-order valence-corrected chi connectivity index (χ2v) is 8.40. The predicted molar refractivity (Wildman–Crippen MR) is 92.5 cm³/mol. The van der Waals surface area contributed by atoms with E-state index in [1.165, 1.54) is 0 Å². The number of fused-ring (bicyclic) bond motifs is 1. The summed E-state index contributed by atoms with van der Waals surface area (Å²) in [5.41, 5.74) is -0.216. The maximum Gasteiger partial charge on any atom is 0.309 e. The number of allylic oxidation sites excluding steroid dienone is 2. The molecule has 0 spiro atoms. The van der Waals surface area contributed by atoms with E-state index in [2.05, 4.69) is 6.92 Å². The van der Waals surface area contributed by atoms with Crippen molar-refractivity contribution in [2.24, 2.45) is 28.6 Å². The molecule has 1 fully saturated rings. The van der Waals surface area contributed by atoms with Gasteiger partial charge in [-0.3, -0.25) is 14.4 Å². The molecule has 0 radical (unpaired) electrons. The van der Waals surface area contributed by atoms with Crippen molar-refractivity contribution < 1.29 is 19.5 Å². The lowest BCUT2D eigenvalue weighted by Gasteiger charge is -2.55. The third kappa shape index (κ3) is 3.07. The lowest BCUT2D eigenvalue weighted by molar-refractivity contribution is -0.162. The topological polar surface area (TPSA) is 71.4 Å². The fraction of sp³-hybridized carbons (Fsp3) is 0.750. The van der Waals surface area contributed by atoms with Crippen molar-refractivity contribution in [3.8, 4) is 0 Å². The first-order valence-electron chi connectivity index (χ1n) is 9.08. The Labute approximate surface area is 144 Å². The summed E-state index contributed by atoms with van der Waals surface area (Å²) >= 11 is 0. The molecular weight excluding hydrogens is 304 g/mol. The zero-order valence-electron chi connectivity index (χ0n) is 15.3. The number of carbonyl (C=O) groups excluding carboxylic acids is 2. The van der Waals surface area contributed by atoms with Gasteiger partial charge in [-0.25, -0.2) is 0 Å². The largest absolute Gasteiger partial charge is 0.481 e.